The molecule has 146 valence electrons. The highest BCUT2D eigenvalue weighted by Crippen LogP contribution is 2.32. The molecular formula is C23H22N4O2. The predicted octanol–water partition coefficient (Wildman–Crippen LogP) is 3.40. The van der Waals surface area contributed by atoms with E-state index in [2.05, 4.69) is 11.6 Å². The van der Waals surface area contributed by atoms with Gasteiger partial charge in [0.1, 0.15) is 12.4 Å². The Morgan fingerprint density at radius 2 is 1.76 bits per heavy atom. The van der Waals surface area contributed by atoms with Crippen LogP contribution in [0.4, 0.5) is 0 Å². The molecule has 29 heavy (non-hydrogen) atoms. The second-order valence-corrected chi connectivity index (χ2v) is 7.68. The van der Waals surface area contributed by atoms with E-state index in [4.69, 9.17) is 4.98 Å². The Hall–Kier alpha value is -3.41. The van der Waals surface area contributed by atoms with E-state index in [0.717, 1.165) is 35.3 Å². The molecule has 6 nitrogen and oxygen atoms in total. The number of carbonyl (C=O) groups is 2. The smallest absolute Gasteiger partial charge is 0.259 e. The van der Waals surface area contributed by atoms with Crippen LogP contribution in [0.15, 0.2) is 55.1 Å². The van der Waals surface area contributed by atoms with Crippen LogP contribution in [-0.4, -0.2) is 51.2 Å². The van der Waals surface area contributed by atoms with E-state index >= 15 is 0 Å². The molecule has 0 aliphatic carbocycles. The standard InChI is InChI=1S/C23H22N4O2/c1-15-17-6-2-3-7-18(17)23(29)27(15)14-21(28)26-12-10-16(11-13-26)22-24-19-8-4-5-9-20(19)25-22/h2-9,16H,1,10-14H2,(H,24,25). The van der Waals surface area contributed by atoms with Crippen LogP contribution < -0.4 is 0 Å². The Labute approximate surface area is 168 Å². The zero-order valence-electron chi connectivity index (χ0n) is 16.1. The number of aromatic nitrogens is 2. The van der Waals surface area contributed by atoms with Crippen molar-refractivity contribution >= 4 is 28.5 Å². The minimum absolute atomic E-state index is 0.0321. The molecule has 2 amide bonds. The van der Waals surface area contributed by atoms with Gasteiger partial charge in [0.15, 0.2) is 0 Å². The van der Waals surface area contributed by atoms with Gasteiger partial charge in [0, 0.05) is 35.8 Å². The number of carbonyl (C=O) groups excluding carboxylic acids is 2. The molecule has 3 aromatic rings. The summed E-state index contributed by atoms with van der Waals surface area (Å²) in [7, 11) is 0. The summed E-state index contributed by atoms with van der Waals surface area (Å²) in [5.74, 6) is 1.14. The topological polar surface area (TPSA) is 69.3 Å². The number of nitrogens with one attached hydrogen (secondary N) is 1. The van der Waals surface area contributed by atoms with Gasteiger partial charge in [-0.25, -0.2) is 4.98 Å². The molecule has 1 aromatic heterocycles. The number of nitrogens with zero attached hydrogens (tertiary/aromatic N) is 3. The molecule has 0 radical (unpaired) electrons. The molecule has 0 atom stereocenters. The highest BCUT2D eigenvalue weighted by Gasteiger charge is 2.34. The van der Waals surface area contributed by atoms with Crippen molar-refractivity contribution in [3.8, 4) is 0 Å². The number of benzene rings is 2. The van der Waals surface area contributed by atoms with Crippen LogP contribution in [0, 0.1) is 0 Å². The largest absolute Gasteiger partial charge is 0.342 e. The first-order valence-electron chi connectivity index (χ1n) is 9.94. The average molecular weight is 386 g/mol. The maximum atomic E-state index is 12.8. The third-order valence-electron chi connectivity index (χ3n) is 5.97. The van der Waals surface area contributed by atoms with Gasteiger partial charge >= 0.3 is 0 Å². The number of imidazole rings is 1. The van der Waals surface area contributed by atoms with E-state index in [1.54, 1.807) is 6.07 Å². The highest BCUT2D eigenvalue weighted by molar-refractivity contribution is 6.10. The summed E-state index contributed by atoms with van der Waals surface area (Å²) < 4.78 is 0. The van der Waals surface area contributed by atoms with Crippen molar-refractivity contribution in [2.75, 3.05) is 19.6 Å². The maximum absolute atomic E-state index is 12.8. The van der Waals surface area contributed by atoms with E-state index in [1.807, 2.05) is 47.4 Å². The predicted molar refractivity (Wildman–Crippen MR) is 111 cm³/mol. The van der Waals surface area contributed by atoms with Gasteiger partial charge in [-0.3, -0.25) is 14.5 Å². The minimum Gasteiger partial charge on any atom is -0.342 e. The number of piperidine rings is 1. The molecule has 5 rings (SSSR count). The van der Waals surface area contributed by atoms with Gasteiger partial charge in [-0.2, -0.15) is 0 Å². The number of rotatable bonds is 3. The number of likely N-dealkylation sites (tertiary alicyclic amines) is 1. The van der Waals surface area contributed by atoms with Crippen LogP contribution in [0.5, 0.6) is 0 Å². The lowest BCUT2D eigenvalue weighted by molar-refractivity contribution is -0.132. The van der Waals surface area contributed by atoms with E-state index < -0.39 is 0 Å². The maximum Gasteiger partial charge on any atom is 0.259 e. The number of para-hydroxylation sites is 2. The third-order valence-corrected chi connectivity index (χ3v) is 5.97. The second-order valence-electron chi connectivity index (χ2n) is 7.68. The van der Waals surface area contributed by atoms with Gasteiger partial charge in [0.2, 0.25) is 5.91 Å². The van der Waals surface area contributed by atoms with Crippen molar-refractivity contribution in [3.05, 3.63) is 72.1 Å². The Kier molecular flexibility index (Phi) is 4.19. The highest BCUT2D eigenvalue weighted by atomic mass is 16.2. The van der Waals surface area contributed by atoms with E-state index in [0.29, 0.717) is 30.3 Å². The van der Waals surface area contributed by atoms with Gasteiger partial charge in [-0.15, -0.1) is 0 Å². The Morgan fingerprint density at radius 3 is 2.48 bits per heavy atom. The molecule has 1 N–H and O–H groups in total. The van der Waals surface area contributed by atoms with Crippen LogP contribution in [0.1, 0.15) is 40.5 Å². The lowest BCUT2D eigenvalue weighted by atomic mass is 9.96. The summed E-state index contributed by atoms with van der Waals surface area (Å²) in [6, 6.07) is 15.4. The fourth-order valence-corrected chi connectivity index (χ4v) is 4.31. The molecular weight excluding hydrogens is 364 g/mol. The first-order chi connectivity index (χ1) is 14.1. The normalized spacial score (nSPS) is 17.2. The lowest BCUT2D eigenvalue weighted by Gasteiger charge is -2.32. The van der Waals surface area contributed by atoms with Gasteiger partial charge in [-0.1, -0.05) is 36.9 Å². The fraction of sp³-hybridized carbons (Fsp3) is 0.261. The average Bonchev–Trinajstić information content (AvgIpc) is 3.29. The zero-order chi connectivity index (χ0) is 20.0. The van der Waals surface area contributed by atoms with E-state index in [9.17, 15) is 9.59 Å². The van der Waals surface area contributed by atoms with Crippen LogP contribution in [-0.2, 0) is 4.79 Å². The number of fused-ring (bicyclic) bond motifs is 2. The zero-order valence-corrected chi connectivity index (χ0v) is 16.1. The lowest BCUT2D eigenvalue weighted by Crippen LogP contribution is -2.43. The summed E-state index contributed by atoms with van der Waals surface area (Å²) in [6.45, 7) is 5.40. The summed E-state index contributed by atoms with van der Waals surface area (Å²) >= 11 is 0. The van der Waals surface area contributed by atoms with Crippen molar-refractivity contribution in [1.82, 2.24) is 19.8 Å². The Morgan fingerprint density at radius 1 is 1.07 bits per heavy atom. The Bertz CT molecular complexity index is 1060. The van der Waals surface area contributed by atoms with Crippen molar-refractivity contribution in [2.45, 2.75) is 18.8 Å². The van der Waals surface area contributed by atoms with Crippen molar-refractivity contribution < 1.29 is 9.59 Å². The molecule has 1 fully saturated rings. The van der Waals surface area contributed by atoms with Gasteiger partial charge in [-0.05, 0) is 31.0 Å². The van der Waals surface area contributed by atoms with Crippen LogP contribution >= 0.6 is 0 Å². The number of amides is 2. The van der Waals surface area contributed by atoms with Gasteiger partial charge in [0.25, 0.3) is 5.91 Å². The monoisotopic (exact) mass is 386 g/mol. The molecule has 2 aliphatic heterocycles. The quantitative estimate of drug-likeness (QED) is 0.750. The van der Waals surface area contributed by atoms with Gasteiger partial charge in [0.05, 0.1) is 11.0 Å². The summed E-state index contributed by atoms with van der Waals surface area (Å²) in [5.41, 5.74) is 4.07. The molecule has 3 heterocycles. The van der Waals surface area contributed by atoms with E-state index in [1.165, 1.54) is 4.90 Å². The van der Waals surface area contributed by atoms with Crippen LogP contribution in [0.2, 0.25) is 0 Å². The number of hydrogen-bond acceptors (Lipinski definition) is 3. The van der Waals surface area contributed by atoms with Crippen molar-refractivity contribution in [2.24, 2.45) is 0 Å². The molecule has 0 saturated carbocycles. The molecule has 0 spiro atoms. The van der Waals surface area contributed by atoms with Crippen molar-refractivity contribution in [3.63, 3.8) is 0 Å². The number of aromatic amines is 1. The van der Waals surface area contributed by atoms with Crippen LogP contribution in [0.3, 0.4) is 0 Å². The third kappa shape index (κ3) is 3.01. The number of hydrogen-bond donors (Lipinski definition) is 1. The van der Waals surface area contributed by atoms with Crippen LogP contribution in [0.25, 0.3) is 16.7 Å². The molecule has 2 aliphatic rings. The first-order valence-corrected chi connectivity index (χ1v) is 9.94. The molecule has 0 bridgehead atoms. The molecule has 1 saturated heterocycles. The Balaban J connectivity index is 1.23. The first kappa shape index (κ1) is 17.7. The molecule has 0 unspecified atom stereocenters. The minimum atomic E-state index is -0.142. The van der Waals surface area contributed by atoms with Crippen molar-refractivity contribution in [1.29, 1.82) is 0 Å². The summed E-state index contributed by atoms with van der Waals surface area (Å²) in [4.78, 5) is 36.9. The molecule has 2 aromatic carbocycles. The fourth-order valence-electron chi connectivity index (χ4n) is 4.31. The number of H-pyrrole nitrogens is 1. The summed E-state index contributed by atoms with van der Waals surface area (Å²) in [5, 5.41) is 0. The van der Waals surface area contributed by atoms with E-state index in [-0.39, 0.29) is 18.4 Å². The summed E-state index contributed by atoms with van der Waals surface area (Å²) in [6.07, 6.45) is 1.72. The SMILES string of the molecule is C=C1c2ccccc2C(=O)N1CC(=O)N1CCC(c2nc3ccccc3[nH]2)CC1. The van der Waals surface area contributed by atoms with Gasteiger partial charge < -0.3 is 9.88 Å². The second kappa shape index (κ2) is 6.88. The molecule has 6 heteroatoms.